The predicted molar refractivity (Wildman–Crippen MR) is 64.0 cm³/mol. The van der Waals surface area contributed by atoms with Crippen LogP contribution in [0.25, 0.3) is 0 Å². The molecule has 0 amide bonds. The fourth-order valence-corrected chi connectivity index (χ4v) is 2.80. The number of aromatic nitrogens is 2. The zero-order chi connectivity index (χ0) is 11.8. The Hall–Kier alpha value is -0.850. The maximum Gasteiger partial charge on any atom is 0.282 e. The summed E-state index contributed by atoms with van der Waals surface area (Å²) in [7, 11) is -3.62. The minimum Gasteiger partial charge on any atom is -0.199 e. The number of rotatable bonds is 2. The van der Waals surface area contributed by atoms with E-state index in [0.717, 1.165) is 4.09 Å². The van der Waals surface area contributed by atoms with E-state index in [9.17, 15) is 8.42 Å². The van der Waals surface area contributed by atoms with Crippen molar-refractivity contribution in [1.82, 2.24) is 9.19 Å². The molecule has 84 valence electrons. The van der Waals surface area contributed by atoms with E-state index in [2.05, 4.69) is 21.0 Å². The van der Waals surface area contributed by atoms with E-state index in [0.29, 0.717) is 9.50 Å². The molecule has 1 aromatic heterocycles. The highest BCUT2D eigenvalue weighted by molar-refractivity contribution is 9.10. The highest BCUT2D eigenvalue weighted by Crippen LogP contribution is 2.18. The van der Waals surface area contributed by atoms with Crippen LogP contribution in [0.4, 0.5) is 0 Å². The number of benzene rings is 1. The third-order valence-electron chi connectivity index (χ3n) is 1.89. The minimum atomic E-state index is -3.62. The molecule has 0 aliphatic heterocycles. The molecule has 0 atom stereocenters. The van der Waals surface area contributed by atoms with Crippen molar-refractivity contribution in [2.75, 3.05) is 0 Å². The van der Waals surface area contributed by atoms with Gasteiger partial charge in [-0.3, -0.25) is 0 Å². The average molecular weight is 322 g/mol. The summed E-state index contributed by atoms with van der Waals surface area (Å²) in [6.07, 6.45) is 2.79. The third kappa shape index (κ3) is 2.14. The Morgan fingerprint density at radius 3 is 2.38 bits per heavy atom. The summed E-state index contributed by atoms with van der Waals surface area (Å²) < 4.78 is 25.5. The van der Waals surface area contributed by atoms with Crippen molar-refractivity contribution in [3.05, 3.63) is 46.2 Å². The lowest BCUT2D eigenvalue weighted by molar-refractivity contribution is 0.580. The van der Waals surface area contributed by atoms with Crippen LogP contribution in [-0.2, 0) is 10.0 Å². The SMILES string of the molecule is O=S(=O)(c1ccc(Cl)cc1)n1cc(Br)cn1. The van der Waals surface area contributed by atoms with E-state index >= 15 is 0 Å². The van der Waals surface area contributed by atoms with Crippen molar-refractivity contribution in [3.63, 3.8) is 0 Å². The van der Waals surface area contributed by atoms with Crippen molar-refractivity contribution in [3.8, 4) is 0 Å². The fraction of sp³-hybridized carbons (Fsp3) is 0. The van der Waals surface area contributed by atoms with E-state index in [1.165, 1.54) is 36.7 Å². The van der Waals surface area contributed by atoms with Crippen LogP contribution in [0.3, 0.4) is 0 Å². The van der Waals surface area contributed by atoms with Crippen molar-refractivity contribution in [2.24, 2.45) is 0 Å². The monoisotopic (exact) mass is 320 g/mol. The molecule has 0 bridgehead atoms. The molecule has 2 rings (SSSR count). The highest BCUT2D eigenvalue weighted by atomic mass is 79.9. The van der Waals surface area contributed by atoms with Gasteiger partial charge in [0.25, 0.3) is 10.0 Å². The quantitative estimate of drug-likeness (QED) is 0.854. The van der Waals surface area contributed by atoms with Gasteiger partial charge in [-0.1, -0.05) is 11.6 Å². The third-order valence-corrected chi connectivity index (χ3v) is 4.11. The summed E-state index contributed by atoms with van der Waals surface area (Å²) in [5.74, 6) is 0. The van der Waals surface area contributed by atoms with Gasteiger partial charge in [-0.2, -0.15) is 17.6 Å². The van der Waals surface area contributed by atoms with Gasteiger partial charge in [0, 0.05) is 5.02 Å². The second-order valence-electron chi connectivity index (χ2n) is 2.99. The molecule has 0 aliphatic carbocycles. The van der Waals surface area contributed by atoms with Crippen LogP contribution in [0.1, 0.15) is 0 Å². The van der Waals surface area contributed by atoms with Gasteiger partial charge in [0.1, 0.15) is 0 Å². The smallest absolute Gasteiger partial charge is 0.199 e. The van der Waals surface area contributed by atoms with Gasteiger partial charge in [0.05, 0.1) is 21.8 Å². The lowest BCUT2D eigenvalue weighted by Crippen LogP contribution is -2.13. The van der Waals surface area contributed by atoms with Crippen LogP contribution in [0.2, 0.25) is 5.02 Å². The largest absolute Gasteiger partial charge is 0.282 e. The normalized spacial score (nSPS) is 11.6. The molecular formula is C9H6BrClN2O2S. The maximum absolute atomic E-state index is 12.0. The van der Waals surface area contributed by atoms with Gasteiger partial charge in [0.15, 0.2) is 0 Å². The summed E-state index contributed by atoms with van der Waals surface area (Å²) in [6.45, 7) is 0. The molecule has 0 spiro atoms. The first-order chi connectivity index (χ1) is 7.50. The molecule has 16 heavy (non-hydrogen) atoms. The summed E-state index contributed by atoms with van der Waals surface area (Å²) in [6, 6.07) is 5.92. The molecule has 0 saturated carbocycles. The van der Waals surface area contributed by atoms with Gasteiger partial charge in [-0.25, -0.2) is 0 Å². The molecule has 4 nitrogen and oxygen atoms in total. The molecule has 2 aromatic rings. The van der Waals surface area contributed by atoms with Crippen LogP contribution >= 0.6 is 27.5 Å². The Morgan fingerprint density at radius 1 is 1.25 bits per heavy atom. The molecule has 0 saturated heterocycles. The van der Waals surface area contributed by atoms with E-state index in [1.807, 2.05) is 0 Å². The van der Waals surface area contributed by atoms with Crippen LogP contribution < -0.4 is 0 Å². The number of hydrogen-bond donors (Lipinski definition) is 0. The number of hydrogen-bond acceptors (Lipinski definition) is 3. The van der Waals surface area contributed by atoms with E-state index in [4.69, 9.17) is 11.6 Å². The summed E-state index contributed by atoms with van der Waals surface area (Å²) >= 11 is 8.83. The summed E-state index contributed by atoms with van der Waals surface area (Å²) in [5, 5.41) is 4.22. The van der Waals surface area contributed by atoms with Crippen molar-refractivity contribution in [1.29, 1.82) is 0 Å². The van der Waals surface area contributed by atoms with Crippen molar-refractivity contribution in [2.45, 2.75) is 4.90 Å². The molecule has 1 heterocycles. The molecule has 0 aliphatic rings. The first kappa shape index (κ1) is 11.6. The molecule has 7 heteroatoms. The van der Waals surface area contributed by atoms with Gasteiger partial charge in [-0.15, -0.1) is 0 Å². The van der Waals surface area contributed by atoms with Gasteiger partial charge >= 0.3 is 0 Å². The van der Waals surface area contributed by atoms with E-state index in [-0.39, 0.29) is 4.90 Å². The van der Waals surface area contributed by atoms with Crippen LogP contribution in [0, 0.1) is 0 Å². The lowest BCUT2D eigenvalue weighted by Gasteiger charge is -2.03. The molecular weight excluding hydrogens is 316 g/mol. The van der Waals surface area contributed by atoms with Crippen LogP contribution in [0.5, 0.6) is 0 Å². The zero-order valence-corrected chi connectivity index (χ0v) is 11.0. The zero-order valence-electron chi connectivity index (χ0n) is 7.84. The second kappa shape index (κ2) is 4.20. The number of halogens is 2. The average Bonchev–Trinajstić information content (AvgIpc) is 2.66. The van der Waals surface area contributed by atoms with Crippen molar-refractivity contribution < 1.29 is 8.42 Å². The molecule has 0 N–H and O–H groups in total. The summed E-state index contributed by atoms with van der Waals surface area (Å²) in [5.41, 5.74) is 0. The second-order valence-corrected chi connectivity index (χ2v) is 6.14. The summed E-state index contributed by atoms with van der Waals surface area (Å²) in [4.78, 5) is 0.146. The Bertz CT molecular complexity index is 607. The lowest BCUT2D eigenvalue weighted by atomic mass is 10.4. The molecule has 0 unspecified atom stereocenters. The maximum atomic E-state index is 12.0. The Labute approximate surface area is 106 Å². The first-order valence-electron chi connectivity index (χ1n) is 4.21. The molecule has 0 radical (unpaired) electrons. The van der Waals surface area contributed by atoms with Gasteiger partial charge < -0.3 is 0 Å². The Balaban J connectivity index is 2.51. The van der Waals surface area contributed by atoms with Gasteiger partial charge in [0.2, 0.25) is 0 Å². The Kier molecular flexibility index (Phi) is 3.05. The first-order valence-corrected chi connectivity index (χ1v) is 6.82. The van der Waals surface area contributed by atoms with E-state index < -0.39 is 10.0 Å². The molecule has 0 fully saturated rings. The van der Waals surface area contributed by atoms with Crippen LogP contribution in [-0.4, -0.2) is 17.6 Å². The minimum absolute atomic E-state index is 0.146. The fourth-order valence-electron chi connectivity index (χ4n) is 1.13. The molecule has 1 aromatic carbocycles. The van der Waals surface area contributed by atoms with Crippen molar-refractivity contribution >= 4 is 37.6 Å². The van der Waals surface area contributed by atoms with E-state index in [1.54, 1.807) is 0 Å². The van der Waals surface area contributed by atoms with Crippen LogP contribution in [0.15, 0.2) is 46.0 Å². The topological polar surface area (TPSA) is 52.0 Å². The number of nitrogens with zero attached hydrogens (tertiary/aromatic N) is 2. The standard InChI is InChI=1S/C9H6BrClN2O2S/c10-7-5-12-13(6-7)16(14,15)9-3-1-8(11)2-4-9/h1-6H. The predicted octanol–water partition coefficient (Wildman–Crippen LogP) is 2.54. The van der Waals surface area contributed by atoms with Gasteiger partial charge in [-0.05, 0) is 40.2 Å². The highest BCUT2D eigenvalue weighted by Gasteiger charge is 2.17. The Morgan fingerprint density at radius 2 is 1.88 bits per heavy atom.